The largest absolute Gasteiger partial charge is 0.417 e. The van der Waals surface area contributed by atoms with Crippen molar-refractivity contribution in [3.8, 4) is 11.3 Å². The Morgan fingerprint density at radius 3 is 2.61 bits per heavy atom. The number of benzene rings is 1. The maximum absolute atomic E-state index is 13.5. The molecule has 0 radical (unpaired) electrons. The van der Waals surface area contributed by atoms with Crippen LogP contribution in [0.25, 0.3) is 22.4 Å². The molecule has 1 N–H and O–H groups in total. The van der Waals surface area contributed by atoms with Crippen LogP contribution in [0, 0.1) is 6.92 Å². The summed E-state index contributed by atoms with van der Waals surface area (Å²) in [6.45, 7) is 2.69. The van der Waals surface area contributed by atoms with Crippen LogP contribution in [-0.2, 0) is 11.0 Å². The molecule has 2 amide bonds. The van der Waals surface area contributed by atoms with E-state index in [1.165, 1.54) is 24.3 Å². The second-order valence-electron chi connectivity index (χ2n) is 7.32. The number of likely N-dealkylation sites (tertiary alicyclic amines) is 1. The smallest absolute Gasteiger partial charge is 0.343 e. The number of aromatic nitrogens is 2. The first-order valence-electron chi connectivity index (χ1n) is 9.75. The molecule has 162 valence electrons. The van der Waals surface area contributed by atoms with Gasteiger partial charge in [-0.05, 0) is 31.9 Å². The molecule has 0 bridgehead atoms. The third-order valence-corrected chi connectivity index (χ3v) is 5.23. The van der Waals surface area contributed by atoms with Crippen LogP contribution in [-0.4, -0.2) is 46.5 Å². The maximum atomic E-state index is 13.5. The van der Waals surface area contributed by atoms with Crippen molar-refractivity contribution in [3.63, 3.8) is 0 Å². The number of halogens is 3. The van der Waals surface area contributed by atoms with E-state index in [-0.39, 0.29) is 35.0 Å². The highest BCUT2D eigenvalue weighted by Crippen LogP contribution is 2.37. The SMILES string of the molecule is Cc1noc2nc(-c3ccccc3C(F)(F)F)cc(C(=O)NCC(=O)N3CCCC3)c12. The molecule has 0 saturated carbocycles. The Labute approximate surface area is 175 Å². The molecule has 1 aliphatic heterocycles. The van der Waals surface area contributed by atoms with Crippen molar-refractivity contribution in [1.29, 1.82) is 0 Å². The first kappa shape index (κ1) is 20.8. The van der Waals surface area contributed by atoms with Gasteiger partial charge in [0.15, 0.2) is 0 Å². The van der Waals surface area contributed by atoms with Crippen molar-refractivity contribution in [1.82, 2.24) is 20.4 Å². The second kappa shape index (κ2) is 8.01. The molecule has 10 heteroatoms. The molecular weight excluding hydrogens is 413 g/mol. The zero-order valence-corrected chi connectivity index (χ0v) is 16.6. The van der Waals surface area contributed by atoms with Crippen LogP contribution in [0.2, 0.25) is 0 Å². The number of aryl methyl sites for hydroxylation is 1. The Morgan fingerprint density at radius 1 is 1.19 bits per heavy atom. The van der Waals surface area contributed by atoms with Crippen molar-refractivity contribution in [2.75, 3.05) is 19.6 Å². The second-order valence-corrected chi connectivity index (χ2v) is 7.32. The minimum absolute atomic E-state index is 0.0462. The molecule has 31 heavy (non-hydrogen) atoms. The minimum Gasteiger partial charge on any atom is -0.343 e. The summed E-state index contributed by atoms with van der Waals surface area (Å²) in [5, 5.41) is 6.64. The third-order valence-electron chi connectivity index (χ3n) is 5.23. The molecule has 0 atom stereocenters. The van der Waals surface area contributed by atoms with Gasteiger partial charge in [0, 0.05) is 18.7 Å². The van der Waals surface area contributed by atoms with Gasteiger partial charge in [-0.2, -0.15) is 13.2 Å². The number of rotatable bonds is 4. The number of hydrogen-bond donors (Lipinski definition) is 1. The number of hydrogen-bond acceptors (Lipinski definition) is 5. The summed E-state index contributed by atoms with van der Waals surface area (Å²) in [6.07, 6.45) is -2.76. The zero-order valence-electron chi connectivity index (χ0n) is 16.6. The predicted molar refractivity (Wildman–Crippen MR) is 105 cm³/mol. The predicted octanol–water partition coefficient (Wildman–Crippen LogP) is 3.57. The summed E-state index contributed by atoms with van der Waals surface area (Å²) >= 11 is 0. The van der Waals surface area contributed by atoms with Crippen molar-refractivity contribution >= 4 is 22.9 Å². The Hall–Kier alpha value is -3.43. The molecule has 1 saturated heterocycles. The van der Waals surface area contributed by atoms with E-state index in [4.69, 9.17) is 4.52 Å². The fourth-order valence-corrected chi connectivity index (χ4v) is 3.69. The number of carbonyl (C=O) groups is 2. The Morgan fingerprint density at radius 2 is 1.90 bits per heavy atom. The van der Waals surface area contributed by atoms with Gasteiger partial charge in [0.05, 0.1) is 34.4 Å². The molecule has 7 nitrogen and oxygen atoms in total. The molecule has 3 heterocycles. The lowest BCUT2D eigenvalue weighted by Gasteiger charge is -2.16. The summed E-state index contributed by atoms with van der Waals surface area (Å²) in [6, 6.07) is 6.23. The Balaban J connectivity index is 1.71. The van der Waals surface area contributed by atoms with Gasteiger partial charge in [0.2, 0.25) is 5.91 Å². The fourth-order valence-electron chi connectivity index (χ4n) is 3.69. The van der Waals surface area contributed by atoms with Crippen LogP contribution in [0.1, 0.15) is 34.5 Å². The van der Waals surface area contributed by atoms with Crippen molar-refractivity contribution in [2.45, 2.75) is 25.9 Å². The van der Waals surface area contributed by atoms with Gasteiger partial charge in [-0.15, -0.1) is 0 Å². The van der Waals surface area contributed by atoms with Crippen molar-refractivity contribution < 1.29 is 27.3 Å². The number of nitrogens with one attached hydrogen (secondary N) is 1. The summed E-state index contributed by atoms with van der Waals surface area (Å²) < 4.78 is 45.6. The molecule has 0 spiro atoms. The first-order valence-corrected chi connectivity index (χ1v) is 9.75. The van der Waals surface area contributed by atoms with E-state index in [1.807, 2.05) is 0 Å². The average molecular weight is 432 g/mol. The van der Waals surface area contributed by atoms with Gasteiger partial charge in [-0.3, -0.25) is 9.59 Å². The van der Waals surface area contributed by atoms with E-state index >= 15 is 0 Å². The summed E-state index contributed by atoms with van der Waals surface area (Å²) in [5.41, 5.74) is -0.781. The Bertz CT molecular complexity index is 1150. The molecule has 2 aromatic heterocycles. The molecule has 1 aliphatic rings. The van der Waals surface area contributed by atoms with E-state index in [9.17, 15) is 22.8 Å². The molecular formula is C21H19F3N4O3. The number of fused-ring (bicyclic) bond motifs is 1. The molecule has 0 aliphatic carbocycles. The molecule has 3 aromatic rings. The summed E-state index contributed by atoms with van der Waals surface area (Å²) in [7, 11) is 0. The number of nitrogens with zero attached hydrogens (tertiary/aromatic N) is 3. The highest BCUT2D eigenvalue weighted by molar-refractivity contribution is 6.07. The van der Waals surface area contributed by atoms with Crippen LogP contribution < -0.4 is 5.32 Å². The molecule has 1 fully saturated rings. The van der Waals surface area contributed by atoms with E-state index in [2.05, 4.69) is 15.5 Å². The number of pyridine rings is 1. The van der Waals surface area contributed by atoms with Gasteiger partial charge in [0.25, 0.3) is 11.6 Å². The lowest BCUT2D eigenvalue weighted by atomic mass is 10.0. The van der Waals surface area contributed by atoms with Crippen molar-refractivity contribution in [2.24, 2.45) is 0 Å². The monoisotopic (exact) mass is 432 g/mol. The van der Waals surface area contributed by atoms with E-state index in [0.29, 0.717) is 24.2 Å². The first-order chi connectivity index (χ1) is 14.8. The lowest BCUT2D eigenvalue weighted by molar-refractivity contribution is -0.137. The van der Waals surface area contributed by atoms with Gasteiger partial charge < -0.3 is 14.7 Å². The van der Waals surface area contributed by atoms with E-state index < -0.39 is 17.6 Å². The van der Waals surface area contributed by atoms with Gasteiger partial charge in [0.1, 0.15) is 0 Å². The topological polar surface area (TPSA) is 88.3 Å². The van der Waals surface area contributed by atoms with E-state index in [0.717, 1.165) is 18.9 Å². The summed E-state index contributed by atoms with van der Waals surface area (Å²) in [4.78, 5) is 31.0. The zero-order chi connectivity index (χ0) is 22.2. The normalized spacial score (nSPS) is 14.3. The number of amides is 2. The highest BCUT2D eigenvalue weighted by atomic mass is 19.4. The van der Waals surface area contributed by atoms with Gasteiger partial charge in [-0.25, -0.2) is 4.98 Å². The third kappa shape index (κ3) is 4.10. The standard InChI is InChI=1S/C21H19F3N4O3/c1-12-18-14(19(30)25-11-17(29)28-8-4-5-9-28)10-16(26-20(18)31-27-12)13-6-2-3-7-15(13)21(22,23)24/h2-3,6-7,10H,4-5,8-9,11H2,1H3,(H,25,30). The van der Waals surface area contributed by atoms with Crippen LogP contribution in [0.15, 0.2) is 34.9 Å². The van der Waals surface area contributed by atoms with Crippen molar-refractivity contribution in [3.05, 3.63) is 47.2 Å². The van der Waals surface area contributed by atoms with Gasteiger partial charge in [-0.1, -0.05) is 23.4 Å². The quantitative estimate of drug-likeness (QED) is 0.681. The molecule has 0 unspecified atom stereocenters. The minimum atomic E-state index is -4.60. The van der Waals surface area contributed by atoms with Crippen LogP contribution >= 0.6 is 0 Å². The lowest BCUT2D eigenvalue weighted by Crippen LogP contribution is -2.38. The van der Waals surface area contributed by atoms with Crippen LogP contribution in [0.5, 0.6) is 0 Å². The van der Waals surface area contributed by atoms with E-state index in [1.54, 1.807) is 11.8 Å². The molecule has 4 rings (SSSR count). The van der Waals surface area contributed by atoms with Crippen LogP contribution in [0.4, 0.5) is 13.2 Å². The number of carbonyl (C=O) groups excluding carboxylic acids is 2. The number of alkyl halides is 3. The molecule has 1 aromatic carbocycles. The highest BCUT2D eigenvalue weighted by Gasteiger charge is 2.34. The van der Waals surface area contributed by atoms with Crippen LogP contribution in [0.3, 0.4) is 0 Å². The average Bonchev–Trinajstić information content (AvgIpc) is 3.41. The summed E-state index contributed by atoms with van der Waals surface area (Å²) in [5.74, 6) is -0.821. The fraction of sp³-hybridized carbons (Fsp3) is 0.333. The van der Waals surface area contributed by atoms with Gasteiger partial charge >= 0.3 is 6.18 Å². The maximum Gasteiger partial charge on any atom is 0.417 e. The Kier molecular flexibility index (Phi) is 5.38.